The van der Waals surface area contributed by atoms with Crippen molar-refractivity contribution < 1.29 is 9.53 Å². The van der Waals surface area contributed by atoms with Crippen LogP contribution in [-0.4, -0.2) is 32.8 Å². The van der Waals surface area contributed by atoms with Gasteiger partial charge >= 0.3 is 0 Å². The number of H-pyrrole nitrogens is 1. The Kier molecular flexibility index (Phi) is 4.03. The highest BCUT2D eigenvalue weighted by Gasteiger charge is 2.15. The molecule has 2 N–H and O–H groups in total. The number of benzene rings is 1. The van der Waals surface area contributed by atoms with Crippen LogP contribution in [0.3, 0.4) is 0 Å². The van der Waals surface area contributed by atoms with Crippen molar-refractivity contribution in [3.05, 3.63) is 47.2 Å². The van der Waals surface area contributed by atoms with E-state index in [1.54, 1.807) is 31.0 Å². The first kappa shape index (κ1) is 15.1. The zero-order valence-electron chi connectivity index (χ0n) is 12.5. The summed E-state index contributed by atoms with van der Waals surface area (Å²) in [7, 11) is 3.32. The lowest BCUT2D eigenvalue weighted by Crippen LogP contribution is -2.16. The van der Waals surface area contributed by atoms with Gasteiger partial charge < -0.3 is 9.30 Å². The molecule has 1 amide bonds. The number of aromatic nitrogens is 4. The Morgan fingerprint density at radius 3 is 2.87 bits per heavy atom. The quantitative estimate of drug-likeness (QED) is 0.769. The molecule has 0 spiro atoms. The topological polar surface area (TPSA) is 84.8 Å². The number of anilines is 1. The van der Waals surface area contributed by atoms with Gasteiger partial charge in [-0.1, -0.05) is 23.7 Å². The van der Waals surface area contributed by atoms with Gasteiger partial charge in [0, 0.05) is 13.2 Å². The SMILES string of the molecule is COc1ccccc1-c1nc(NC(=O)c2cc(Cl)cn2C)n[nH]1. The summed E-state index contributed by atoms with van der Waals surface area (Å²) < 4.78 is 6.92. The standard InChI is InChI=1S/C15H14ClN5O2/c1-21-8-9(16)7-11(21)14(22)18-15-17-13(19-20-15)10-5-3-4-6-12(10)23-2/h3-8H,1-2H3,(H2,17,18,19,20,22). The minimum absolute atomic E-state index is 0.174. The second-order valence-corrected chi connectivity index (χ2v) is 5.25. The number of rotatable bonds is 4. The number of methoxy groups -OCH3 is 1. The Morgan fingerprint density at radius 1 is 1.39 bits per heavy atom. The van der Waals surface area contributed by atoms with E-state index in [1.807, 2.05) is 24.3 Å². The third-order valence-electron chi connectivity index (χ3n) is 3.28. The molecule has 0 saturated carbocycles. The van der Waals surface area contributed by atoms with Gasteiger partial charge in [-0.25, -0.2) is 0 Å². The fourth-order valence-electron chi connectivity index (χ4n) is 2.19. The Morgan fingerprint density at radius 2 is 2.17 bits per heavy atom. The minimum atomic E-state index is -0.343. The second kappa shape index (κ2) is 6.13. The van der Waals surface area contributed by atoms with E-state index in [0.29, 0.717) is 22.3 Å². The Balaban J connectivity index is 1.82. The summed E-state index contributed by atoms with van der Waals surface area (Å²) in [5.41, 5.74) is 1.17. The molecule has 2 heterocycles. The van der Waals surface area contributed by atoms with E-state index in [-0.39, 0.29) is 11.9 Å². The van der Waals surface area contributed by atoms with Gasteiger partial charge in [0.15, 0.2) is 5.82 Å². The summed E-state index contributed by atoms with van der Waals surface area (Å²) in [5, 5.41) is 9.90. The number of para-hydroxylation sites is 1. The fraction of sp³-hybridized carbons (Fsp3) is 0.133. The summed E-state index contributed by atoms with van der Waals surface area (Å²) in [5.74, 6) is 0.997. The van der Waals surface area contributed by atoms with E-state index in [9.17, 15) is 4.79 Å². The van der Waals surface area contributed by atoms with Gasteiger partial charge in [-0.05, 0) is 18.2 Å². The van der Waals surface area contributed by atoms with Gasteiger partial charge in [-0.15, -0.1) is 5.10 Å². The van der Waals surface area contributed by atoms with Crippen molar-refractivity contribution in [3.8, 4) is 17.1 Å². The molecule has 7 nitrogen and oxygen atoms in total. The summed E-state index contributed by atoms with van der Waals surface area (Å²) in [4.78, 5) is 16.5. The van der Waals surface area contributed by atoms with Gasteiger partial charge in [0.25, 0.3) is 5.91 Å². The highest BCUT2D eigenvalue weighted by atomic mass is 35.5. The van der Waals surface area contributed by atoms with Crippen molar-refractivity contribution >= 4 is 23.5 Å². The molecule has 0 aliphatic carbocycles. The van der Waals surface area contributed by atoms with Gasteiger partial charge in [0.2, 0.25) is 5.95 Å². The number of hydrogen-bond acceptors (Lipinski definition) is 4. The lowest BCUT2D eigenvalue weighted by atomic mass is 10.2. The summed E-state index contributed by atoms with van der Waals surface area (Å²) in [6.07, 6.45) is 1.65. The first-order valence-corrected chi connectivity index (χ1v) is 7.15. The largest absolute Gasteiger partial charge is 0.496 e. The van der Waals surface area contributed by atoms with Crippen LogP contribution in [0.4, 0.5) is 5.95 Å². The number of ether oxygens (including phenoxy) is 1. The average molecular weight is 332 g/mol. The predicted octanol–water partition coefficient (Wildman–Crippen LogP) is 2.72. The summed E-state index contributed by atoms with van der Waals surface area (Å²) >= 11 is 5.88. The van der Waals surface area contributed by atoms with Crippen LogP contribution in [0.15, 0.2) is 36.5 Å². The Labute approximate surface area is 137 Å². The summed E-state index contributed by atoms with van der Waals surface area (Å²) in [6, 6.07) is 8.97. The van der Waals surface area contributed by atoms with Gasteiger partial charge in [-0.2, -0.15) is 4.98 Å². The van der Waals surface area contributed by atoms with E-state index in [4.69, 9.17) is 16.3 Å². The van der Waals surface area contributed by atoms with Gasteiger partial charge in [0.05, 0.1) is 17.7 Å². The molecule has 1 aromatic carbocycles. The number of carbonyl (C=O) groups excluding carboxylic acids is 1. The maximum Gasteiger partial charge on any atom is 0.274 e. The van der Waals surface area contributed by atoms with Crippen molar-refractivity contribution in [1.29, 1.82) is 0 Å². The van der Waals surface area contributed by atoms with E-state index in [1.165, 1.54) is 0 Å². The molecule has 0 aliphatic heterocycles. The zero-order valence-corrected chi connectivity index (χ0v) is 13.3. The van der Waals surface area contributed by atoms with Crippen molar-refractivity contribution in [2.24, 2.45) is 7.05 Å². The van der Waals surface area contributed by atoms with E-state index >= 15 is 0 Å². The molecule has 3 aromatic rings. The number of aryl methyl sites for hydroxylation is 1. The van der Waals surface area contributed by atoms with Crippen LogP contribution in [0.25, 0.3) is 11.4 Å². The highest BCUT2D eigenvalue weighted by Crippen LogP contribution is 2.27. The third-order valence-corrected chi connectivity index (χ3v) is 3.48. The molecule has 3 rings (SSSR count). The molecule has 0 aliphatic rings. The van der Waals surface area contributed by atoms with Gasteiger partial charge in [-0.3, -0.25) is 15.2 Å². The first-order valence-electron chi connectivity index (χ1n) is 6.77. The number of carbonyl (C=O) groups is 1. The monoisotopic (exact) mass is 331 g/mol. The smallest absolute Gasteiger partial charge is 0.274 e. The van der Waals surface area contributed by atoms with Crippen LogP contribution >= 0.6 is 11.6 Å². The zero-order chi connectivity index (χ0) is 16.4. The van der Waals surface area contributed by atoms with Crippen molar-refractivity contribution in [2.45, 2.75) is 0 Å². The maximum atomic E-state index is 12.2. The van der Waals surface area contributed by atoms with Crippen molar-refractivity contribution in [3.63, 3.8) is 0 Å². The summed E-state index contributed by atoms with van der Waals surface area (Å²) in [6.45, 7) is 0. The number of nitrogens with zero attached hydrogens (tertiary/aromatic N) is 3. The van der Waals surface area contributed by atoms with E-state index in [2.05, 4.69) is 20.5 Å². The highest BCUT2D eigenvalue weighted by molar-refractivity contribution is 6.31. The predicted molar refractivity (Wildman–Crippen MR) is 86.7 cm³/mol. The van der Waals surface area contributed by atoms with Crippen LogP contribution in [0.1, 0.15) is 10.5 Å². The third kappa shape index (κ3) is 3.04. The van der Waals surface area contributed by atoms with Crippen molar-refractivity contribution in [1.82, 2.24) is 19.7 Å². The molecule has 0 fully saturated rings. The van der Waals surface area contributed by atoms with Gasteiger partial charge in [0.1, 0.15) is 11.4 Å². The average Bonchev–Trinajstić information content (AvgIpc) is 3.13. The Hall–Kier alpha value is -2.80. The fourth-order valence-corrected chi connectivity index (χ4v) is 2.44. The number of halogens is 1. The van der Waals surface area contributed by atoms with Crippen LogP contribution in [-0.2, 0) is 7.05 Å². The Bertz CT molecular complexity index is 855. The molecule has 0 saturated heterocycles. The lowest BCUT2D eigenvalue weighted by Gasteiger charge is -2.04. The van der Waals surface area contributed by atoms with E-state index < -0.39 is 0 Å². The molecule has 0 radical (unpaired) electrons. The van der Waals surface area contributed by atoms with Crippen LogP contribution in [0.2, 0.25) is 5.02 Å². The van der Waals surface area contributed by atoms with Crippen molar-refractivity contribution in [2.75, 3.05) is 12.4 Å². The van der Waals surface area contributed by atoms with E-state index in [0.717, 1.165) is 5.56 Å². The lowest BCUT2D eigenvalue weighted by molar-refractivity contribution is 0.101. The normalized spacial score (nSPS) is 10.6. The molecular weight excluding hydrogens is 318 g/mol. The number of hydrogen-bond donors (Lipinski definition) is 2. The van der Waals surface area contributed by atoms with Crippen LogP contribution in [0.5, 0.6) is 5.75 Å². The maximum absolute atomic E-state index is 12.2. The molecule has 0 atom stereocenters. The minimum Gasteiger partial charge on any atom is -0.496 e. The van der Waals surface area contributed by atoms with Crippen LogP contribution in [0, 0.1) is 0 Å². The van der Waals surface area contributed by atoms with Crippen LogP contribution < -0.4 is 10.1 Å². The second-order valence-electron chi connectivity index (χ2n) is 4.82. The molecule has 8 heteroatoms. The molecular formula is C15H14ClN5O2. The molecule has 23 heavy (non-hydrogen) atoms. The number of aromatic amines is 1. The number of amides is 1. The first-order chi connectivity index (χ1) is 11.1. The molecule has 118 valence electrons. The molecule has 2 aromatic heterocycles. The number of nitrogens with one attached hydrogen (secondary N) is 2. The molecule has 0 unspecified atom stereocenters. The molecule has 0 bridgehead atoms.